The fourth-order valence-corrected chi connectivity index (χ4v) is 3.69. The number of aryl methyl sites for hydroxylation is 3. The standard InChI is InChI=1S/C21H24N4O3/c1-13-18(14(2)28-24-13)12-27-16-7-4-6-15(10-16)21(26)23-19-8-5-9-20-17(19)11-22-25(20)3/h4,6-7,10-11,19H,5,8-9,12H2,1-3H3,(H,23,26). The molecule has 1 N–H and O–H groups in total. The summed E-state index contributed by atoms with van der Waals surface area (Å²) in [5, 5.41) is 11.4. The maximum Gasteiger partial charge on any atom is 0.251 e. The lowest BCUT2D eigenvalue weighted by Crippen LogP contribution is -2.30. The first-order valence-electron chi connectivity index (χ1n) is 9.49. The van der Waals surface area contributed by atoms with E-state index < -0.39 is 0 Å². The number of ether oxygens (including phenoxy) is 1. The van der Waals surface area contributed by atoms with Crippen molar-refractivity contribution in [2.24, 2.45) is 7.05 Å². The van der Waals surface area contributed by atoms with Gasteiger partial charge >= 0.3 is 0 Å². The molecule has 1 unspecified atom stereocenters. The number of nitrogens with zero attached hydrogens (tertiary/aromatic N) is 3. The molecule has 2 heterocycles. The molecule has 0 radical (unpaired) electrons. The van der Waals surface area contributed by atoms with Crippen molar-refractivity contribution in [3.05, 3.63) is 64.3 Å². The molecule has 0 bridgehead atoms. The van der Waals surface area contributed by atoms with Gasteiger partial charge in [-0.25, -0.2) is 0 Å². The summed E-state index contributed by atoms with van der Waals surface area (Å²) in [6, 6.07) is 7.23. The monoisotopic (exact) mass is 380 g/mol. The summed E-state index contributed by atoms with van der Waals surface area (Å²) in [5.74, 6) is 1.28. The van der Waals surface area contributed by atoms with E-state index in [-0.39, 0.29) is 11.9 Å². The number of nitrogens with one attached hydrogen (secondary N) is 1. The Hall–Kier alpha value is -3.09. The van der Waals surface area contributed by atoms with Gasteiger partial charge in [-0.05, 0) is 51.3 Å². The van der Waals surface area contributed by atoms with Crippen molar-refractivity contribution >= 4 is 5.91 Å². The number of carbonyl (C=O) groups is 1. The lowest BCUT2D eigenvalue weighted by molar-refractivity contribution is 0.0932. The summed E-state index contributed by atoms with van der Waals surface area (Å²) in [6.45, 7) is 4.10. The fourth-order valence-electron chi connectivity index (χ4n) is 3.69. The topological polar surface area (TPSA) is 82.2 Å². The molecule has 7 heteroatoms. The van der Waals surface area contributed by atoms with Crippen molar-refractivity contribution < 1.29 is 14.1 Å². The highest BCUT2D eigenvalue weighted by molar-refractivity contribution is 5.94. The van der Waals surface area contributed by atoms with E-state index >= 15 is 0 Å². The van der Waals surface area contributed by atoms with Crippen LogP contribution in [0.15, 0.2) is 35.0 Å². The molecule has 3 aromatic rings. The molecule has 0 spiro atoms. The largest absolute Gasteiger partial charge is 0.489 e. The van der Waals surface area contributed by atoms with E-state index in [2.05, 4.69) is 15.6 Å². The highest BCUT2D eigenvalue weighted by Gasteiger charge is 2.25. The van der Waals surface area contributed by atoms with Gasteiger partial charge in [0.25, 0.3) is 5.91 Å². The van der Waals surface area contributed by atoms with Gasteiger partial charge in [0, 0.05) is 23.9 Å². The molecule has 146 valence electrons. The van der Waals surface area contributed by atoms with Gasteiger partial charge in [-0.3, -0.25) is 9.48 Å². The number of aromatic nitrogens is 3. The molecule has 0 aliphatic heterocycles. The molecular formula is C21H24N4O3. The minimum absolute atomic E-state index is 0.00294. The third-order valence-electron chi connectivity index (χ3n) is 5.34. The second kappa shape index (κ2) is 7.50. The SMILES string of the molecule is Cc1noc(C)c1COc1cccc(C(=O)NC2CCCc3c2cnn3C)c1. The first kappa shape index (κ1) is 18.3. The van der Waals surface area contributed by atoms with E-state index in [4.69, 9.17) is 9.26 Å². The number of benzene rings is 1. The van der Waals surface area contributed by atoms with Crippen LogP contribution >= 0.6 is 0 Å². The maximum atomic E-state index is 12.8. The quantitative estimate of drug-likeness (QED) is 0.733. The van der Waals surface area contributed by atoms with Crippen LogP contribution in [0.1, 0.15) is 57.5 Å². The Labute approximate surface area is 163 Å². The average molecular weight is 380 g/mol. The molecule has 0 fully saturated rings. The molecule has 0 saturated heterocycles. The van der Waals surface area contributed by atoms with Crippen LogP contribution in [0.25, 0.3) is 0 Å². The Bertz CT molecular complexity index is 986. The Balaban J connectivity index is 1.45. The van der Waals surface area contributed by atoms with E-state index in [0.717, 1.165) is 41.8 Å². The van der Waals surface area contributed by atoms with Gasteiger partial charge in [0.1, 0.15) is 18.1 Å². The van der Waals surface area contributed by atoms with Crippen LogP contribution in [0.3, 0.4) is 0 Å². The lowest BCUT2D eigenvalue weighted by Gasteiger charge is -2.24. The summed E-state index contributed by atoms with van der Waals surface area (Å²) in [7, 11) is 1.95. The number of rotatable bonds is 5. The minimum Gasteiger partial charge on any atom is -0.489 e. The van der Waals surface area contributed by atoms with Crippen molar-refractivity contribution in [1.29, 1.82) is 0 Å². The Morgan fingerprint density at radius 1 is 1.39 bits per heavy atom. The van der Waals surface area contributed by atoms with E-state index in [1.54, 1.807) is 12.1 Å². The molecule has 1 atom stereocenters. The third-order valence-corrected chi connectivity index (χ3v) is 5.34. The van der Waals surface area contributed by atoms with Crippen molar-refractivity contribution in [3.63, 3.8) is 0 Å². The first-order chi connectivity index (χ1) is 13.5. The smallest absolute Gasteiger partial charge is 0.251 e. The molecule has 4 rings (SSSR count). The van der Waals surface area contributed by atoms with Crippen molar-refractivity contribution in [1.82, 2.24) is 20.3 Å². The van der Waals surface area contributed by atoms with Crippen molar-refractivity contribution in [2.45, 2.75) is 45.8 Å². The number of hydrogen-bond donors (Lipinski definition) is 1. The molecule has 2 aromatic heterocycles. The molecule has 28 heavy (non-hydrogen) atoms. The predicted molar refractivity (Wildman–Crippen MR) is 103 cm³/mol. The van der Waals surface area contributed by atoms with Gasteiger partial charge in [-0.15, -0.1) is 0 Å². The van der Waals surface area contributed by atoms with Crippen LogP contribution in [0.2, 0.25) is 0 Å². The number of hydrogen-bond acceptors (Lipinski definition) is 5. The van der Waals surface area contributed by atoms with Gasteiger partial charge in [0.2, 0.25) is 0 Å². The highest BCUT2D eigenvalue weighted by atomic mass is 16.5. The predicted octanol–water partition coefficient (Wildman–Crippen LogP) is 3.41. The minimum atomic E-state index is -0.107. The zero-order valence-electron chi connectivity index (χ0n) is 16.4. The zero-order chi connectivity index (χ0) is 19.7. The Kier molecular flexibility index (Phi) is 4.90. The first-order valence-corrected chi connectivity index (χ1v) is 9.49. The van der Waals surface area contributed by atoms with Crippen molar-refractivity contribution in [3.8, 4) is 5.75 Å². The molecule has 7 nitrogen and oxygen atoms in total. The maximum absolute atomic E-state index is 12.8. The second-order valence-electron chi connectivity index (χ2n) is 7.21. The summed E-state index contributed by atoms with van der Waals surface area (Å²) >= 11 is 0. The molecular weight excluding hydrogens is 356 g/mol. The van der Waals surface area contributed by atoms with Crippen LogP contribution in [0.4, 0.5) is 0 Å². The number of amides is 1. The van der Waals surface area contributed by atoms with Gasteiger partial charge in [-0.1, -0.05) is 11.2 Å². The average Bonchev–Trinajstić information content (AvgIpc) is 3.23. The number of fused-ring (bicyclic) bond motifs is 1. The van der Waals surface area contributed by atoms with Crippen LogP contribution in [0.5, 0.6) is 5.75 Å². The number of carbonyl (C=O) groups excluding carboxylic acids is 1. The molecule has 1 aliphatic carbocycles. The van der Waals surface area contributed by atoms with Crippen LogP contribution in [0, 0.1) is 13.8 Å². The van der Waals surface area contributed by atoms with Gasteiger partial charge < -0.3 is 14.6 Å². The lowest BCUT2D eigenvalue weighted by atomic mass is 9.93. The molecule has 1 amide bonds. The van der Waals surface area contributed by atoms with E-state index in [9.17, 15) is 4.79 Å². The summed E-state index contributed by atoms with van der Waals surface area (Å²) in [6.07, 6.45) is 4.83. The Morgan fingerprint density at radius 3 is 3.04 bits per heavy atom. The van der Waals surface area contributed by atoms with Gasteiger partial charge in [0.05, 0.1) is 23.5 Å². The van der Waals surface area contributed by atoms with Gasteiger partial charge in [0.15, 0.2) is 0 Å². The normalized spacial score (nSPS) is 15.9. The summed E-state index contributed by atoms with van der Waals surface area (Å²) in [5.41, 5.74) is 4.64. The van der Waals surface area contributed by atoms with E-state index in [0.29, 0.717) is 17.9 Å². The van der Waals surface area contributed by atoms with Crippen LogP contribution < -0.4 is 10.1 Å². The fraction of sp³-hybridized carbons (Fsp3) is 0.381. The van der Waals surface area contributed by atoms with Crippen LogP contribution in [-0.4, -0.2) is 20.8 Å². The molecule has 1 aliphatic rings. The van der Waals surface area contributed by atoms with Crippen molar-refractivity contribution in [2.75, 3.05) is 0 Å². The highest BCUT2D eigenvalue weighted by Crippen LogP contribution is 2.29. The third kappa shape index (κ3) is 3.52. The zero-order valence-corrected chi connectivity index (χ0v) is 16.4. The van der Waals surface area contributed by atoms with Crippen LogP contribution in [-0.2, 0) is 20.1 Å². The molecule has 1 aromatic carbocycles. The second-order valence-corrected chi connectivity index (χ2v) is 7.21. The van der Waals surface area contributed by atoms with E-state index in [1.807, 2.05) is 43.9 Å². The van der Waals surface area contributed by atoms with E-state index in [1.165, 1.54) is 5.69 Å². The molecule has 0 saturated carbocycles. The van der Waals surface area contributed by atoms with Gasteiger partial charge in [-0.2, -0.15) is 5.10 Å². The Morgan fingerprint density at radius 2 is 2.25 bits per heavy atom. The summed E-state index contributed by atoms with van der Waals surface area (Å²) in [4.78, 5) is 12.8. The summed E-state index contributed by atoms with van der Waals surface area (Å²) < 4.78 is 12.9.